The molecule has 3 rings (SSSR count). The van der Waals surface area contributed by atoms with Gasteiger partial charge in [0.15, 0.2) is 11.6 Å². The number of rotatable bonds is 3. The summed E-state index contributed by atoms with van der Waals surface area (Å²) in [5.74, 6) is -2.07. The summed E-state index contributed by atoms with van der Waals surface area (Å²) < 4.78 is 44.8. The van der Waals surface area contributed by atoms with Crippen molar-refractivity contribution in [1.82, 2.24) is 4.90 Å². The molecule has 24 heavy (non-hydrogen) atoms. The van der Waals surface area contributed by atoms with Crippen molar-refractivity contribution >= 4 is 5.91 Å². The minimum atomic E-state index is -1.03. The molecule has 1 heterocycles. The summed E-state index contributed by atoms with van der Waals surface area (Å²) in [6.45, 7) is 0.924. The molecule has 0 aromatic heterocycles. The summed E-state index contributed by atoms with van der Waals surface area (Å²) in [6, 6.07) is 8.93. The molecule has 0 aliphatic carbocycles. The van der Waals surface area contributed by atoms with Gasteiger partial charge in [0.05, 0.1) is 0 Å². The zero-order valence-electron chi connectivity index (χ0n) is 12.8. The third-order valence-electron chi connectivity index (χ3n) is 4.01. The number of carbonyl (C=O) groups is 1. The molecule has 0 unspecified atom stereocenters. The van der Waals surface area contributed by atoms with Gasteiger partial charge in [-0.15, -0.1) is 0 Å². The lowest BCUT2D eigenvalue weighted by atomic mass is 10.1. The summed E-state index contributed by atoms with van der Waals surface area (Å²) in [4.78, 5) is 13.9. The lowest BCUT2D eigenvalue weighted by molar-refractivity contribution is 0.0595. The third kappa shape index (κ3) is 3.69. The fraction of sp³-hybridized carbons (Fsp3) is 0.278. The second kappa shape index (κ2) is 6.95. The molecule has 1 aliphatic rings. The molecular formula is C18H16F3NO2. The molecule has 1 fully saturated rings. The van der Waals surface area contributed by atoms with Gasteiger partial charge in [-0.2, -0.15) is 0 Å². The summed E-state index contributed by atoms with van der Waals surface area (Å²) in [5.41, 5.74) is 0.131. The molecule has 0 radical (unpaired) electrons. The van der Waals surface area contributed by atoms with E-state index in [4.69, 9.17) is 4.74 Å². The number of carbonyl (C=O) groups excluding carboxylic acids is 1. The Balaban J connectivity index is 1.57. The molecular weight excluding hydrogens is 319 g/mol. The number of nitrogens with zero attached hydrogens (tertiary/aromatic N) is 1. The van der Waals surface area contributed by atoms with Crippen molar-refractivity contribution < 1.29 is 22.7 Å². The van der Waals surface area contributed by atoms with E-state index in [1.54, 1.807) is 17.0 Å². The van der Waals surface area contributed by atoms with Crippen LogP contribution in [-0.2, 0) is 0 Å². The first-order valence-electron chi connectivity index (χ1n) is 7.69. The number of ether oxygens (including phenoxy) is 1. The number of likely N-dealkylation sites (tertiary alicyclic amines) is 1. The summed E-state index contributed by atoms with van der Waals surface area (Å²) in [7, 11) is 0. The Labute approximate surface area is 137 Å². The normalized spacial score (nSPS) is 15.4. The average Bonchev–Trinajstić information content (AvgIpc) is 2.59. The predicted molar refractivity (Wildman–Crippen MR) is 82.3 cm³/mol. The molecule has 126 valence electrons. The first-order valence-corrected chi connectivity index (χ1v) is 7.69. The maximum absolute atomic E-state index is 13.2. The van der Waals surface area contributed by atoms with Crippen LogP contribution in [0.5, 0.6) is 5.75 Å². The van der Waals surface area contributed by atoms with Crippen molar-refractivity contribution in [1.29, 1.82) is 0 Å². The van der Waals surface area contributed by atoms with Crippen LogP contribution >= 0.6 is 0 Å². The zero-order valence-corrected chi connectivity index (χ0v) is 12.8. The molecule has 1 aliphatic heterocycles. The van der Waals surface area contributed by atoms with Gasteiger partial charge < -0.3 is 9.64 Å². The minimum Gasteiger partial charge on any atom is -0.490 e. The van der Waals surface area contributed by atoms with Gasteiger partial charge in [0.1, 0.15) is 17.7 Å². The van der Waals surface area contributed by atoms with Crippen LogP contribution in [-0.4, -0.2) is 30.0 Å². The molecule has 0 saturated carbocycles. The van der Waals surface area contributed by atoms with Crippen molar-refractivity contribution in [3.63, 3.8) is 0 Å². The Morgan fingerprint density at radius 2 is 1.62 bits per heavy atom. The molecule has 1 saturated heterocycles. The Morgan fingerprint density at radius 3 is 2.25 bits per heavy atom. The Bertz CT molecular complexity index is 726. The van der Waals surface area contributed by atoms with Crippen molar-refractivity contribution in [2.75, 3.05) is 13.1 Å². The number of hydrogen-bond donors (Lipinski definition) is 0. The standard InChI is InChI=1S/C18H16F3NO2/c19-13-2-4-14(5-3-13)24-15-7-9-22(10-8-15)18(23)12-1-6-16(20)17(21)11-12/h1-6,11,15H,7-10H2. The van der Waals surface area contributed by atoms with Crippen LogP contribution < -0.4 is 4.74 Å². The van der Waals surface area contributed by atoms with Crippen molar-refractivity contribution in [3.05, 3.63) is 65.5 Å². The highest BCUT2D eigenvalue weighted by Crippen LogP contribution is 2.21. The van der Waals surface area contributed by atoms with Gasteiger partial charge in [0.25, 0.3) is 5.91 Å². The van der Waals surface area contributed by atoms with Gasteiger partial charge >= 0.3 is 0 Å². The van der Waals surface area contributed by atoms with Crippen LogP contribution in [0.1, 0.15) is 23.2 Å². The largest absolute Gasteiger partial charge is 0.490 e. The first kappa shape index (κ1) is 16.4. The highest BCUT2D eigenvalue weighted by molar-refractivity contribution is 5.94. The van der Waals surface area contributed by atoms with Crippen LogP contribution in [0, 0.1) is 17.5 Å². The van der Waals surface area contributed by atoms with Gasteiger partial charge in [-0.25, -0.2) is 13.2 Å². The monoisotopic (exact) mass is 335 g/mol. The highest BCUT2D eigenvalue weighted by atomic mass is 19.2. The maximum Gasteiger partial charge on any atom is 0.253 e. The molecule has 6 heteroatoms. The molecule has 2 aromatic rings. The Morgan fingerprint density at radius 1 is 0.958 bits per heavy atom. The van der Waals surface area contributed by atoms with E-state index in [1.165, 1.54) is 18.2 Å². The van der Waals surface area contributed by atoms with Gasteiger partial charge in [-0.3, -0.25) is 4.79 Å². The van der Waals surface area contributed by atoms with E-state index in [0.717, 1.165) is 12.1 Å². The van der Waals surface area contributed by atoms with Gasteiger partial charge in [0, 0.05) is 31.5 Å². The van der Waals surface area contributed by atoms with E-state index < -0.39 is 11.6 Å². The van der Waals surface area contributed by atoms with Crippen LogP contribution in [0.4, 0.5) is 13.2 Å². The van der Waals surface area contributed by atoms with Crippen LogP contribution in [0.15, 0.2) is 42.5 Å². The molecule has 0 atom stereocenters. The number of piperidine rings is 1. The maximum atomic E-state index is 13.2. The fourth-order valence-corrected chi connectivity index (χ4v) is 2.69. The van der Waals surface area contributed by atoms with E-state index in [1.807, 2.05) is 0 Å². The second-order valence-electron chi connectivity index (χ2n) is 5.69. The smallest absolute Gasteiger partial charge is 0.253 e. The number of benzene rings is 2. The van der Waals surface area contributed by atoms with Crippen molar-refractivity contribution in [2.24, 2.45) is 0 Å². The van der Waals surface area contributed by atoms with E-state index in [9.17, 15) is 18.0 Å². The average molecular weight is 335 g/mol. The minimum absolute atomic E-state index is 0.0653. The molecule has 3 nitrogen and oxygen atoms in total. The first-order chi connectivity index (χ1) is 11.5. The quantitative estimate of drug-likeness (QED) is 0.854. The lowest BCUT2D eigenvalue weighted by Crippen LogP contribution is -2.41. The fourth-order valence-electron chi connectivity index (χ4n) is 2.69. The summed E-state index contributed by atoms with van der Waals surface area (Å²) >= 11 is 0. The molecule has 1 amide bonds. The SMILES string of the molecule is O=C(c1ccc(F)c(F)c1)N1CCC(Oc2ccc(F)cc2)CC1. The van der Waals surface area contributed by atoms with Crippen LogP contribution in [0.3, 0.4) is 0 Å². The Kier molecular flexibility index (Phi) is 4.74. The number of halogens is 3. The predicted octanol–water partition coefficient (Wildman–Crippen LogP) is 3.79. The Hall–Kier alpha value is -2.50. The summed E-state index contributed by atoms with van der Waals surface area (Å²) in [5, 5.41) is 0. The van der Waals surface area contributed by atoms with E-state index in [2.05, 4.69) is 0 Å². The van der Waals surface area contributed by atoms with E-state index >= 15 is 0 Å². The second-order valence-corrected chi connectivity index (χ2v) is 5.69. The lowest BCUT2D eigenvalue weighted by Gasteiger charge is -2.32. The van der Waals surface area contributed by atoms with Crippen LogP contribution in [0.2, 0.25) is 0 Å². The molecule has 0 spiro atoms. The molecule has 2 aromatic carbocycles. The highest BCUT2D eigenvalue weighted by Gasteiger charge is 2.25. The molecule has 0 bridgehead atoms. The van der Waals surface area contributed by atoms with Crippen LogP contribution in [0.25, 0.3) is 0 Å². The van der Waals surface area contributed by atoms with Gasteiger partial charge in [0.2, 0.25) is 0 Å². The summed E-state index contributed by atoms with van der Waals surface area (Å²) in [6.07, 6.45) is 1.17. The van der Waals surface area contributed by atoms with Gasteiger partial charge in [-0.05, 0) is 42.5 Å². The van der Waals surface area contributed by atoms with Crippen molar-refractivity contribution in [2.45, 2.75) is 18.9 Å². The third-order valence-corrected chi connectivity index (χ3v) is 4.01. The molecule has 0 N–H and O–H groups in total. The number of hydrogen-bond acceptors (Lipinski definition) is 2. The number of amides is 1. The topological polar surface area (TPSA) is 29.5 Å². The zero-order chi connectivity index (χ0) is 17.1. The van der Waals surface area contributed by atoms with E-state index in [-0.39, 0.29) is 23.4 Å². The van der Waals surface area contributed by atoms with Gasteiger partial charge in [-0.1, -0.05) is 0 Å². The van der Waals surface area contributed by atoms with Crippen molar-refractivity contribution in [3.8, 4) is 5.75 Å². The van der Waals surface area contributed by atoms with E-state index in [0.29, 0.717) is 31.7 Å².